The van der Waals surface area contributed by atoms with Gasteiger partial charge in [-0.2, -0.15) is 4.98 Å². The van der Waals surface area contributed by atoms with Gasteiger partial charge in [-0.05, 0) is 42.2 Å². The normalized spacial score (nSPS) is 16.1. The Balaban J connectivity index is 1.33. The van der Waals surface area contributed by atoms with Gasteiger partial charge in [0.15, 0.2) is 0 Å². The fourth-order valence-electron chi connectivity index (χ4n) is 4.30. The van der Waals surface area contributed by atoms with Crippen molar-refractivity contribution in [2.24, 2.45) is 0 Å². The van der Waals surface area contributed by atoms with Crippen LogP contribution < -0.4 is 16.0 Å². The Bertz CT molecular complexity index is 1350. The molecule has 2 aliphatic rings. The molecule has 1 fully saturated rings. The summed E-state index contributed by atoms with van der Waals surface area (Å²) in [5.74, 6) is 1.01. The quantitative estimate of drug-likeness (QED) is 0.331. The van der Waals surface area contributed by atoms with Gasteiger partial charge in [0.05, 0.1) is 23.8 Å². The summed E-state index contributed by atoms with van der Waals surface area (Å²) in [5, 5.41) is 27.3. The van der Waals surface area contributed by atoms with Crippen LogP contribution in [0.1, 0.15) is 40.4 Å². The van der Waals surface area contributed by atoms with Crippen LogP contribution in [0.15, 0.2) is 65.5 Å². The average molecular weight is 455 g/mol. The number of carbonyl (C=O) groups is 1. The van der Waals surface area contributed by atoms with E-state index < -0.39 is 6.04 Å². The van der Waals surface area contributed by atoms with Crippen LogP contribution in [0.4, 0.5) is 17.5 Å². The van der Waals surface area contributed by atoms with Crippen LogP contribution in [-0.4, -0.2) is 37.8 Å². The molecule has 10 heteroatoms. The summed E-state index contributed by atoms with van der Waals surface area (Å²) in [4.78, 5) is 21.3. The molecule has 2 aromatic carbocycles. The number of aromatic nitrogens is 4. The van der Waals surface area contributed by atoms with Crippen LogP contribution in [0.5, 0.6) is 0 Å². The summed E-state index contributed by atoms with van der Waals surface area (Å²) < 4.78 is 5.37. The van der Waals surface area contributed by atoms with E-state index in [-0.39, 0.29) is 23.9 Å². The molecule has 0 bridgehead atoms. The predicted molar refractivity (Wildman–Crippen MR) is 123 cm³/mol. The first-order valence-corrected chi connectivity index (χ1v) is 11.0. The maximum absolute atomic E-state index is 12.2. The first kappa shape index (κ1) is 20.3. The number of fused-ring (bicyclic) bond motifs is 2. The molecule has 3 heterocycles. The van der Waals surface area contributed by atoms with E-state index in [1.807, 2.05) is 48.5 Å². The molecule has 34 heavy (non-hydrogen) atoms. The molecular weight excluding hydrogens is 434 g/mol. The van der Waals surface area contributed by atoms with Crippen molar-refractivity contribution in [3.8, 4) is 11.5 Å². The Morgan fingerprint density at radius 2 is 2.00 bits per heavy atom. The van der Waals surface area contributed by atoms with Crippen LogP contribution in [0.2, 0.25) is 0 Å². The van der Waals surface area contributed by atoms with E-state index in [0.717, 1.165) is 29.7 Å². The van der Waals surface area contributed by atoms with Gasteiger partial charge in [0, 0.05) is 17.4 Å². The van der Waals surface area contributed by atoms with Crippen LogP contribution >= 0.6 is 0 Å². The Hall–Kier alpha value is -4.31. The number of nitrogens with one attached hydrogen (secondary N) is 3. The van der Waals surface area contributed by atoms with Gasteiger partial charge in [-0.3, -0.25) is 4.79 Å². The molecule has 6 rings (SSSR count). The maximum atomic E-state index is 12.2. The second-order valence-electron chi connectivity index (χ2n) is 8.41. The van der Waals surface area contributed by atoms with Crippen molar-refractivity contribution in [3.63, 3.8) is 0 Å². The minimum Gasteiger partial charge on any atom is -0.423 e. The Labute approximate surface area is 194 Å². The lowest BCUT2D eigenvalue weighted by molar-refractivity contribution is 0.0952. The van der Waals surface area contributed by atoms with Crippen molar-refractivity contribution in [2.75, 3.05) is 17.2 Å². The second kappa shape index (κ2) is 7.92. The highest BCUT2D eigenvalue weighted by Crippen LogP contribution is 2.51. The molecule has 1 amide bonds. The molecule has 0 saturated heterocycles. The van der Waals surface area contributed by atoms with Crippen LogP contribution in [0.25, 0.3) is 11.5 Å². The smallest absolute Gasteiger partial charge is 0.252 e. The highest BCUT2D eigenvalue weighted by atomic mass is 16.4. The van der Waals surface area contributed by atoms with Gasteiger partial charge in [0.2, 0.25) is 12.3 Å². The lowest BCUT2D eigenvalue weighted by Crippen LogP contribution is -2.25. The van der Waals surface area contributed by atoms with Crippen molar-refractivity contribution < 1.29 is 14.3 Å². The third-order valence-electron chi connectivity index (χ3n) is 6.21. The highest BCUT2D eigenvalue weighted by Gasteiger charge is 2.52. The summed E-state index contributed by atoms with van der Waals surface area (Å²) in [6.45, 7) is -0.145. The Morgan fingerprint density at radius 1 is 1.15 bits per heavy atom. The minimum atomic E-state index is -0.405. The summed E-state index contributed by atoms with van der Waals surface area (Å²) in [5.41, 5.74) is 3.70. The van der Waals surface area contributed by atoms with Gasteiger partial charge in [0.25, 0.3) is 11.8 Å². The summed E-state index contributed by atoms with van der Waals surface area (Å²) >= 11 is 0. The van der Waals surface area contributed by atoms with E-state index in [4.69, 9.17) is 4.42 Å². The molecule has 1 aliphatic carbocycles. The summed E-state index contributed by atoms with van der Waals surface area (Å²) in [7, 11) is 0. The molecule has 1 aliphatic heterocycles. The SMILES string of the molecule is O=C1NC2(CC2)c2cc(Nc3ncc(-c4nnco4)c(N[C@H](CO)c4ccccc4)n3)ccc21. The van der Waals surface area contributed by atoms with Gasteiger partial charge in [-0.15, -0.1) is 10.2 Å². The number of anilines is 3. The third-order valence-corrected chi connectivity index (χ3v) is 6.21. The van der Waals surface area contributed by atoms with Crippen molar-refractivity contribution in [2.45, 2.75) is 24.4 Å². The second-order valence-corrected chi connectivity index (χ2v) is 8.41. The number of aliphatic hydroxyl groups excluding tert-OH is 1. The average Bonchev–Trinajstić information content (AvgIpc) is 3.32. The molecule has 0 radical (unpaired) electrons. The first-order valence-electron chi connectivity index (χ1n) is 11.0. The fourth-order valence-corrected chi connectivity index (χ4v) is 4.30. The zero-order valence-electron chi connectivity index (χ0n) is 18.0. The number of rotatable bonds is 7. The zero-order valence-corrected chi connectivity index (χ0v) is 18.0. The number of benzene rings is 2. The summed E-state index contributed by atoms with van der Waals surface area (Å²) in [6, 6.07) is 14.8. The Morgan fingerprint density at radius 3 is 2.74 bits per heavy atom. The van der Waals surface area contributed by atoms with E-state index in [1.165, 1.54) is 6.39 Å². The number of nitrogens with zero attached hydrogens (tertiary/aromatic N) is 4. The largest absolute Gasteiger partial charge is 0.423 e. The highest BCUT2D eigenvalue weighted by molar-refractivity contribution is 6.01. The Kier molecular flexibility index (Phi) is 4.73. The van der Waals surface area contributed by atoms with Gasteiger partial charge < -0.3 is 25.5 Å². The maximum Gasteiger partial charge on any atom is 0.252 e. The van der Waals surface area contributed by atoms with Crippen molar-refractivity contribution in [3.05, 3.63) is 77.8 Å². The summed E-state index contributed by atoms with van der Waals surface area (Å²) in [6.07, 6.45) is 4.71. The monoisotopic (exact) mass is 455 g/mol. The molecule has 0 unspecified atom stereocenters. The molecular formula is C24H21N7O3. The van der Waals surface area contributed by atoms with Gasteiger partial charge in [0.1, 0.15) is 5.82 Å². The topological polar surface area (TPSA) is 138 Å². The number of aliphatic hydroxyl groups is 1. The van der Waals surface area contributed by atoms with Crippen molar-refractivity contribution in [1.29, 1.82) is 0 Å². The first-order chi connectivity index (χ1) is 16.6. The zero-order chi connectivity index (χ0) is 23.1. The van der Waals surface area contributed by atoms with Crippen LogP contribution in [0, 0.1) is 0 Å². The third kappa shape index (κ3) is 3.54. The van der Waals surface area contributed by atoms with E-state index in [2.05, 4.69) is 36.1 Å². The number of carbonyl (C=O) groups excluding carboxylic acids is 1. The molecule has 1 saturated carbocycles. The van der Waals surface area contributed by atoms with E-state index in [0.29, 0.717) is 22.9 Å². The standard InChI is InChI=1S/C24H21N7O3/c32-12-19(14-4-2-1-3-5-14)28-20-17(22-31-26-13-34-22)11-25-23(29-20)27-15-6-7-16-18(10-15)24(8-9-24)30-21(16)33/h1-7,10-11,13,19,32H,8-9,12H2,(H,30,33)(H2,25,27,28,29)/t19-/m1/s1. The van der Waals surface area contributed by atoms with E-state index in [1.54, 1.807) is 6.20 Å². The van der Waals surface area contributed by atoms with E-state index in [9.17, 15) is 9.90 Å². The molecule has 2 aromatic heterocycles. The number of hydrogen-bond donors (Lipinski definition) is 4. The van der Waals surface area contributed by atoms with Gasteiger partial charge in [-0.1, -0.05) is 30.3 Å². The van der Waals surface area contributed by atoms with E-state index >= 15 is 0 Å². The van der Waals surface area contributed by atoms with Gasteiger partial charge >= 0.3 is 0 Å². The lowest BCUT2D eigenvalue weighted by Gasteiger charge is -2.19. The lowest BCUT2D eigenvalue weighted by atomic mass is 10.0. The van der Waals surface area contributed by atoms with Crippen LogP contribution in [0.3, 0.4) is 0 Å². The molecule has 4 aromatic rings. The molecule has 1 atom stereocenters. The fraction of sp³-hybridized carbons (Fsp3) is 0.208. The number of amides is 1. The molecule has 4 N–H and O–H groups in total. The van der Waals surface area contributed by atoms with Crippen molar-refractivity contribution in [1.82, 2.24) is 25.5 Å². The molecule has 10 nitrogen and oxygen atoms in total. The van der Waals surface area contributed by atoms with Gasteiger partial charge in [-0.25, -0.2) is 4.98 Å². The predicted octanol–water partition coefficient (Wildman–Crippen LogP) is 3.15. The minimum absolute atomic E-state index is 0.0262. The molecule has 170 valence electrons. The van der Waals surface area contributed by atoms with Crippen molar-refractivity contribution >= 4 is 23.4 Å². The molecule has 1 spiro atoms. The number of hydrogen-bond acceptors (Lipinski definition) is 9. The van der Waals surface area contributed by atoms with Crippen LogP contribution in [-0.2, 0) is 5.54 Å².